The zero-order chi connectivity index (χ0) is 25.2. The largest absolute Gasteiger partial charge is 0.365 e. The SMILES string of the molecule is Cc1ccccc1-n1c(=O)/c(=C\c2cn(-c3ccccc3)nc2-c2cccs2)s/c1=C(\C#N)C(N)=O. The van der Waals surface area contributed by atoms with Gasteiger partial charge in [0.05, 0.1) is 20.8 Å². The summed E-state index contributed by atoms with van der Waals surface area (Å²) in [6.07, 6.45) is 3.62. The van der Waals surface area contributed by atoms with Crippen LogP contribution in [0.15, 0.2) is 83.1 Å². The first-order valence-electron chi connectivity index (χ1n) is 10.9. The van der Waals surface area contributed by atoms with Crippen molar-refractivity contribution in [3.05, 3.63) is 109 Å². The summed E-state index contributed by atoms with van der Waals surface area (Å²) < 4.78 is 3.71. The van der Waals surface area contributed by atoms with Crippen LogP contribution in [0.5, 0.6) is 0 Å². The predicted molar refractivity (Wildman–Crippen MR) is 143 cm³/mol. The highest BCUT2D eigenvalue weighted by Gasteiger charge is 2.17. The summed E-state index contributed by atoms with van der Waals surface area (Å²) in [6.45, 7) is 1.86. The maximum atomic E-state index is 13.7. The quantitative estimate of drug-likeness (QED) is 0.393. The molecule has 0 spiro atoms. The van der Waals surface area contributed by atoms with Gasteiger partial charge in [-0.05, 0) is 48.2 Å². The van der Waals surface area contributed by atoms with E-state index in [2.05, 4.69) is 0 Å². The average Bonchev–Trinajstić information content (AvgIpc) is 3.61. The van der Waals surface area contributed by atoms with Crippen molar-refractivity contribution in [2.45, 2.75) is 6.92 Å². The number of hydrogen-bond donors (Lipinski definition) is 1. The van der Waals surface area contributed by atoms with Crippen LogP contribution in [-0.2, 0) is 4.79 Å². The molecule has 176 valence electrons. The summed E-state index contributed by atoms with van der Waals surface area (Å²) in [4.78, 5) is 26.7. The number of amides is 1. The summed E-state index contributed by atoms with van der Waals surface area (Å²) in [6, 6.07) is 22.8. The Morgan fingerprint density at radius 2 is 1.83 bits per heavy atom. The summed E-state index contributed by atoms with van der Waals surface area (Å²) in [5, 5.41) is 16.4. The third-order valence-electron chi connectivity index (χ3n) is 5.56. The normalized spacial score (nSPS) is 12.4. The number of rotatable bonds is 5. The van der Waals surface area contributed by atoms with Crippen LogP contribution in [0.3, 0.4) is 0 Å². The van der Waals surface area contributed by atoms with Crippen LogP contribution in [0.25, 0.3) is 33.6 Å². The lowest BCUT2D eigenvalue weighted by atomic mass is 10.2. The average molecular weight is 510 g/mol. The molecule has 1 amide bonds. The fourth-order valence-corrected chi connectivity index (χ4v) is 5.67. The minimum absolute atomic E-state index is 0.198. The molecule has 0 atom stereocenters. The van der Waals surface area contributed by atoms with Crippen LogP contribution in [0.2, 0.25) is 0 Å². The topological polar surface area (TPSA) is 107 Å². The number of para-hydroxylation sites is 2. The fraction of sp³-hybridized carbons (Fsp3) is 0.0370. The summed E-state index contributed by atoms with van der Waals surface area (Å²) in [5.74, 6) is -0.885. The maximum Gasteiger partial charge on any atom is 0.273 e. The number of hydrogen-bond acceptors (Lipinski definition) is 6. The Bertz CT molecular complexity index is 1800. The molecule has 0 aliphatic carbocycles. The van der Waals surface area contributed by atoms with Crippen LogP contribution in [0.1, 0.15) is 11.1 Å². The highest BCUT2D eigenvalue weighted by atomic mass is 32.1. The lowest BCUT2D eigenvalue weighted by Gasteiger charge is -2.06. The molecule has 9 heteroatoms. The Morgan fingerprint density at radius 1 is 1.08 bits per heavy atom. The molecule has 0 fully saturated rings. The molecule has 0 aliphatic heterocycles. The van der Waals surface area contributed by atoms with Crippen molar-refractivity contribution in [1.82, 2.24) is 14.3 Å². The van der Waals surface area contributed by atoms with Crippen LogP contribution >= 0.6 is 22.7 Å². The Morgan fingerprint density at radius 3 is 2.50 bits per heavy atom. The second-order valence-electron chi connectivity index (χ2n) is 7.88. The number of thiazole rings is 1. The summed E-state index contributed by atoms with van der Waals surface area (Å²) >= 11 is 2.61. The molecule has 0 bridgehead atoms. The minimum atomic E-state index is -0.885. The molecule has 5 aromatic rings. The fourth-order valence-electron chi connectivity index (χ4n) is 3.84. The molecule has 3 aromatic heterocycles. The van der Waals surface area contributed by atoms with Gasteiger partial charge in [-0.3, -0.25) is 14.2 Å². The van der Waals surface area contributed by atoms with Gasteiger partial charge in [0.15, 0.2) is 5.57 Å². The smallest absolute Gasteiger partial charge is 0.273 e. The van der Waals surface area contributed by atoms with Crippen molar-refractivity contribution in [3.8, 4) is 28.0 Å². The lowest BCUT2D eigenvalue weighted by molar-refractivity contribution is -0.112. The first-order chi connectivity index (χ1) is 17.5. The van der Waals surface area contributed by atoms with Gasteiger partial charge in [0.25, 0.3) is 11.5 Å². The number of benzene rings is 2. The second kappa shape index (κ2) is 9.62. The number of nitrogens with two attached hydrogens (primary N) is 1. The molecule has 5 rings (SSSR count). The van der Waals surface area contributed by atoms with E-state index in [0.29, 0.717) is 10.2 Å². The number of primary amides is 1. The van der Waals surface area contributed by atoms with Crippen molar-refractivity contribution in [2.24, 2.45) is 5.73 Å². The molecule has 2 aromatic carbocycles. The Labute approximate surface area is 213 Å². The lowest BCUT2D eigenvalue weighted by Crippen LogP contribution is -2.32. The van der Waals surface area contributed by atoms with E-state index < -0.39 is 5.91 Å². The van der Waals surface area contributed by atoms with E-state index in [0.717, 1.165) is 38.7 Å². The van der Waals surface area contributed by atoms with Crippen LogP contribution < -0.4 is 20.5 Å². The van der Waals surface area contributed by atoms with E-state index in [1.165, 1.54) is 4.57 Å². The van der Waals surface area contributed by atoms with Gasteiger partial charge in [0.1, 0.15) is 16.4 Å². The molecule has 0 radical (unpaired) electrons. The highest BCUT2D eigenvalue weighted by Crippen LogP contribution is 2.28. The van der Waals surface area contributed by atoms with Crippen molar-refractivity contribution in [3.63, 3.8) is 0 Å². The molecule has 7 nitrogen and oxygen atoms in total. The third kappa shape index (κ3) is 4.20. The molecule has 0 saturated carbocycles. The number of carbonyl (C=O) groups is 1. The zero-order valence-corrected chi connectivity index (χ0v) is 20.7. The molecule has 0 aliphatic rings. The van der Waals surface area contributed by atoms with Gasteiger partial charge in [-0.1, -0.05) is 42.5 Å². The van der Waals surface area contributed by atoms with Crippen LogP contribution in [0.4, 0.5) is 0 Å². The molecule has 2 N–H and O–H groups in total. The second-order valence-corrected chi connectivity index (χ2v) is 9.86. The summed E-state index contributed by atoms with van der Waals surface area (Å²) in [5.41, 5.74) is 8.65. The van der Waals surface area contributed by atoms with E-state index in [-0.39, 0.29) is 15.8 Å². The number of aryl methyl sites for hydroxylation is 1. The monoisotopic (exact) mass is 509 g/mol. The van der Waals surface area contributed by atoms with Crippen LogP contribution in [-0.4, -0.2) is 20.3 Å². The highest BCUT2D eigenvalue weighted by molar-refractivity contribution is 7.13. The van der Waals surface area contributed by atoms with E-state index in [4.69, 9.17) is 10.8 Å². The molecular formula is C27H19N5O2S2. The van der Waals surface area contributed by atoms with Crippen molar-refractivity contribution in [2.75, 3.05) is 0 Å². The van der Waals surface area contributed by atoms with Gasteiger partial charge in [0, 0.05) is 11.8 Å². The number of carbonyl (C=O) groups excluding carboxylic acids is 1. The van der Waals surface area contributed by atoms with E-state index in [1.807, 2.05) is 79.2 Å². The van der Waals surface area contributed by atoms with Gasteiger partial charge in [-0.2, -0.15) is 10.4 Å². The van der Waals surface area contributed by atoms with E-state index in [1.54, 1.807) is 34.2 Å². The van der Waals surface area contributed by atoms with Crippen molar-refractivity contribution < 1.29 is 4.79 Å². The van der Waals surface area contributed by atoms with Gasteiger partial charge in [0.2, 0.25) is 0 Å². The molecule has 36 heavy (non-hydrogen) atoms. The summed E-state index contributed by atoms with van der Waals surface area (Å²) in [7, 11) is 0. The van der Waals surface area contributed by atoms with E-state index >= 15 is 0 Å². The minimum Gasteiger partial charge on any atom is -0.365 e. The van der Waals surface area contributed by atoms with E-state index in [9.17, 15) is 14.9 Å². The van der Waals surface area contributed by atoms with Gasteiger partial charge >= 0.3 is 0 Å². The number of aromatic nitrogens is 3. The number of thiophene rings is 1. The Hall–Kier alpha value is -4.52. The molecular weight excluding hydrogens is 490 g/mol. The number of nitriles is 1. The molecule has 0 saturated heterocycles. The predicted octanol–water partition coefficient (Wildman–Crippen LogP) is 3.11. The van der Waals surface area contributed by atoms with Crippen molar-refractivity contribution in [1.29, 1.82) is 5.26 Å². The zero-order valence-electron chi connectivity index (χ0n) is 19.1. The van der Waals surface area contributed by atoms with Gasteiger partial charge in [-0.25, -0.2) is 4.68 Å². The first-order valence-corrected chi connectivity index (χ1v) is 12.6. The molecule has 0 unspecified atom stereocenters. The number of nitrogens with zero attached hydrogens (tertiary/aromatic N) is 4. The van der Waals surface area contributed by atoms with Gasteiger partial charge in [-0.15, -0.1) is 22.7 Å². The Balaban J connectivity index is 1.83. The third-order valence-corrected chi connectivity index (χ3v) is 7.53. The maximum absolute atomic E-state index is 13.7. The van der Waals surface area contributed by atoms with Gasteiger partial charge < -0.3 is 5.73 Å². The van der Waals surface area contributed by atoms with Crippen LogP contribution in [0, 0.1) is 18.3 Å². The first kappa shape index (κ1) is 23.2. The molecule has 3 heterocycles. The van der Waals surface area contributed by atoms with Crippen molar-refractivity contribution >= 4 is 40.2 Å². The Kier molecular flexibility index (Phi) is 6.21. The standard InChI is InChI=1S/C27H19N5O2S2/c1-17-8-5-6-11-21(17)32-26(34)23(36-27(32)20(15-28)25(29)33)14-18-16-31(19-9-3-2-4-10-19)30-24(18)22-12-7-13-35-22/h2-14,16H,1H3,(H2,29,33)/b23-14+,27-20+.